The minimum Gasteiger partial charge on any atom is -0.495 e. The molecule has 2 rings (SSSR count). The molecule has 0 radical (unpaired) electrons. The van der Waals surface area contributed by atoms with Gasteiger partial charge in [0.25, 0.3) is 0 Å². The molecule has 0 spiro atoms. The van der Waals surface area contributed by atoms with Crippen LogP contribution in [0, 0.1) is 0 Å². The average Bonchev–Trinajstić information content (AvgIpc) is 2.60. The summed E-state index contributed by atoms with van der Waals surface area (Å²) in [5, 5.41) is 7.71. The van der Waals surface area contributed by atoms with Crippen LogP contribution in [0.15, 0.2) is 36.4 Å². The molecule has 2 aromatic carbocycles. The topological polar surface area (TPSA) is 79.5 Å². The Bertz CT molecular complexity index is 888. The van der Waals surface area contributed by atoms with Crippen LogP contribution in [0.1, 0.15) is 12.5 Å². The lowest BCUT2D eigenvalue weighted by Crippen LogP contribution is -2.22. The van der Waals surface area contributed by atoms with Gasteiger partial charge in [-0.25, -0.2) is 0 Å². The number of hydrogen-bond donors (Lipinski definition) is 3. The van der Waals surface area contributed by atoms with Crippen molar-refractivity contribution in [2.75, 3.05) is 29.6 Å². The van der Waals surface area contributed by atoms with E-state index in [1.807, 2.05) is 0 Å². The van der Waals surface area contributed by atoms with Crippen LogP contribution in [0.3, 0.4) is 0 Å². The number of benzene rings is 2. The van der Waals surface area contributed by atoms with Crippen LogP contribution in [0.4, 0.5) is 30.2 Å². The molecule has 2 amide bonds. The van der Waals surface area contributed by atoms with Gasteiger partial charge in [0.15, 0.2) is 0 Å². The van der Waals surface area contributed by atoms with E-state index in [9.17, 15) is 22.8 Å². The van der Waals surface area contributed by atoms with E-state index in [1.165, 1.54) is 14.0 Å². The van der Waals surface area contributed by atoms with Crippen LogP contribution in [-0.4, -0.2) is 25.5 Å². The second kappa shape index (κ2) is 8.83. The first-order valence-electron chi connectivity index (χ1n) is 7.96. The Morgan fingerprint density at radius 2 is 1.79 bits per heavy atom. The minimum absolute atomic E-state index is 0.0217. The summed E-state index contributed by atoms with van der Waals surface area (Å²) in [4.78, 5) is 23.3. The average molecular weight is 416 g/mol. The third kappa shape index (κ3) is 5.78. The highest BCUT2D eigenvalue weighted by molar-refractivity contribution is 6.33. The molecule has 2 aromatic rings. The molecule has 0 aromatic heterocycles. The number of carbonyl (C=O) groups is 2. The van der Waals surface area contributed by atoms with Crippen molar-refractivity contribution in [1.29, 1.82) is 0 Å². The Balaban J connectivity index is 2.09. The number of anilines is 3. The van der Waals surface area contributed by atoms with Crippen LogP contribution in [0.25, 0.3) is 0 Å². The molecule has 0 aliphatic carbocycles. The van der Waals surface area contributed by atoms with E-state index in [0.717, 1.165) is 18.2 Å². The Morgan fingerprint density at radius 3 is 2.39 bits per heavy atom. The zero-order chi connectivity index (χ0) is 20.9. The lowest BCUT2D eigenvalue weighted by Gasteiger charge is -2.14. The van der Waals surface area contributed by atoms with Gasteiger partial charge in [0, 0.05) is 12.6 Å². The maximum Gasteiger partial charge on any atom is 0.416 e. The van der Waals surface area contributed by atoms with Crippen LogP contribution in [0.2, 0.25) is 5.02 Å². The molecular formula is C18H17ClF3N3O3. The summed E-state index contributed by atoms with van der Waals surface area (Å²) in [6.45, 7) is 1.08. The van der Waals surface area contributed by atoms with E-state index < -0.39 is 17.6 Å². The van der Waals surface area contributed by atoms with Crippen molar-refractivity contribution in [3.05, 3.63) is 47.0 Å². The summed E-state index contributed by atoms with van der Waals surface area (Å²) >= 11 is 5.86. The molecule has 150 valence electrons. The molecular weight excluding hydrogens is 399 g/mol. The van der Waals surface area contributed by atoms with Gasteiger partial charge in [0.1, 0.15) is 5.75 Å². The molecule has 0 unspecified atom stereocenters. The summed E-state index contributed by atoms with van der Waals surface area (Å²) in [5.74, 6) is -0.472. The van der Waals surface area contributed by atoms with Gasteiger partial charge in [0.2, 0.25) is 11.8 Å². The molecule has 28 heavy (non-hydrogen) atoms. The number of carbonyl (C=O) groups excluding carboxylic acids is 2. The van der Waals surface area contributed by atoms with Crippen molar-refractivity contribution in [2.24, 2.45) is 0 Å². The largest absolute Gasteiger partial charge is 0.495 e. The number of nitrogens with one attached hydrogen (secondary N) is 3. The highest BCUT2D eigenvalue weighted by Crippen LogP contribution is 2.34. The van der Waals surface area contributed by atoms with E-state index in [0.29, 0.717) is 17.1 Å². The molecule has 0 fully saturated rings. The molecule has 0 heterocycles. The van der Waals surface area contributed by atoms with Crippen LogP contribution in [-0.2, 0) is 15.8 Å². The minimum atomic E-state index is -4.56. The molecule has 0 bridgehead atoms. The van der Waals surface area contributed by atoms with Crippen molar-refractivity contribution in [3.8, 4) is 5.75 Å². The number of hydrogen-bond acceptors (Lipinski definition) is 4. The smallest absolute Gasteiger partial charge is 0.416 e. The Kier molecular flexibility index (Phi) is 6.74. The van der Waals surface area contributed by atoms with E-state index in [4.69, 9.17) is 16.3 Å². The first-order valence-corrected chi connectivity index (χ1v) is 8.34. The van der Waals surface area contributed by atoms with Gasteiger partial charge in [-0.05, 0) is 36.4 Å². The molecule has 0 atom stereocenters. The fourth-order valence-corrected chi connectivity index (χ4v) is 2.46. The standard InChI is InChI=1S/C18H17ClF3N3O3/c1-10(26)24-12-4-6-16(28-2)15(8-12)23-9-17(27)25-14-7-11(18(20,21)22)3-5-13(14)19/h3-8,23H,9H2,1-2H3,(H,24,26)(H,25,27). The van der Waals surface area contributed by atoms with Gasteiger partial charge in [-0.15, -0.1) is 0 Å². The fourth-order valence-electron chi connectivity index (χ4n) is 2.29. The van der Waals surface area contributed by atoms with Gasteiger partial charge in [0.05, 0.1) is 35.6 Å². The van der Waals surface area contributed by atoms with Crippen molar-refractivity contribution in [3.63, 3.8) is 0 Å². The molecule has 0 saturated heterocycles. The predicted octanol–water partition coefficient (Wildman–Crippen LogP) is 4.38. The first-order chi connectivity index (χ1) is 13.1. The zero-order valence-corrected chi connectivity index (χ0v) is 15.7. The third-order valence-electron chi connectivity index (χ3n) is 3.53. The first kappa shape index (κ1) is 21.4. The number of amides is 2. The normalized spacial score (nSPS) is 10.9. The Labute approximate surface area is 164 Å². The SMILES string of the molecule is COc1ccc(NC(C)=O)cc1NCC(=O)Nc1cc(C(F)(F)F)ccc1Cl. The lowest BCUT2D eigenvalue weighted by molar-refractivity contribution is -0.137. The van der Waals surface area contributed by atoms with Crippen LogP contribution < -0.4 is 20.7 Å². The molecule has 6 nitrogen and oxygen atoms in total. The molecule has 0 aliphatic rings. The number of rotatable bonds is 6. The van der Waals surface area contributed by atoms with E-state index in [2.05, 4.69) is 16.0 Å². The second-order valence-electron chi connectivity index (χ2n) is 5.69. The van der Waals surface area contributed by atoms with Crippen LogP contribution in [0.5, 0.6) is 5.75 Å². The van der Waals surface area contributed by atoms with Gasteiger partial charge >= 0.3 is 6.18 Å². The zero-order valence-electron chi connectivity index (χ0n) is 14.9. The molecule has 0 aliphatic heterocycles. The number of ether oxygens (including phenoxy) is 1. The Hall–Kier alpha value is -2.94. The summed E-state index contributed by atoms with van der Waals surface area (Å²) < 4.78 is 43.6. The number of alkyl halides is 3. The number of methoxy groups -OCH3 is 1. The summed E-state index contributed by atoms with van der Waals surface area (Å²) in [6.07, 6.45) is -4.56. The summed E-state index contributed by atoms with van der Waals surface area (Å²) in [5.41, 5.74) is -0.178. The van der Waals surface area contributed by atoms with Crippen molar-refractivity contribution < 1.29 is 27.5 Å². The van der Waals surface area contributed by atoms with Crippen molar-refractivity contribution in [2.45, 2.75) is 13.1 Å². The van der Waals surface area contributed by atoms with Gasteiger partial charge in [-0.3, -0.25) is 9.59 Å². The fraction of sp³-hybridized carbons (Fsp3) is 0.222. The van der Waals surface area contributed by atoms with E-state index in [1.54, 1.807) is 18.2 Å². The van der Waals surface area contributed by atoms with Gasteiger partial charge < -0.3 is 20.7 Å². The maximum atomic E-state index is 12.8. The second-order valence-corrected chi connectivity index (χ2v) is 6.10. The molecule has 0 saturated carbocycles. The summed E-state index contributed by atoms with van der Waals surface area (Å²) in [6, 6.07) is 7.42. The monoisotopic (exact) mass is 415 g/mol. The predicted molar refractivity (Wildman–Crippen MR) is 101 cm³/mol. The molecule has 10 heteroatoms. The van der Waals surface area contributed by atoms with Gasteiger partial charge in [-0.2, -0.15) is 13.2 Å². The van der Waals surface area contributed by atoms with E-state index in [-0.39, 0.29) is 23.2 Å². The molecule has 3 N–H and O–H groups in total. The van der Waals surface area contributed by atoms with E-state index >= 15 is 0 Å². The quantitative estimate of drug-likeness (QED) is 0.654. The van der Waals surface area contributed by atoms with Crippen molar-refractivity contribution >= 4 is 40.5 Å². The summed E-state index contributed by atoms with van der Waals surface area (Å²) in [7, 11) is 1.43. The number of halogens is 4. The highest BCUT2D eigenvalue weighted by atomic mass is 35.5. The van der Waals surface area contributed by atoms with Gasteiger partial charge in [-0.1, -0.05) is 11.6 Å². The lowest BCUT2D eigenvalue weighted by atomic mass is 10.2. The highest BCUT2D eigenvalue weighted by Gasteiger charge is 2.31. The maximum absolute atomic E-state index is 12.8. The van der Waals surface area contributed by atoms with Crippen molar-refractivity contribution in [1.82, 2.24) is 0 Å². The Morgan fingerprint density at radius 1 is 1.07 bits per heavy atom. The van der Waals surface area contributed by atoms with Crippen LogP contribution >= 0.6 is 11.6 Å². The third-order valence-corrected chi connectivity index (χ3v) is 3.86.